The minimum Gasteiger partial charge on any atom is -0.488 e. The van der Waals surface area contributed by atoms with E-state index in [1.807, 2.05) is 0 Å². The Morgan fingerprint density at radius 3 is 3.00 bits per heavy atom. The number of halogens is 2. The first-order valence-corrected chi connectivity index (χ1v) is 6.68. The molecule has 1 fully saturated rings. The van der Waals surface area contributed by atoms with E-state index in [9.17, 15) is 13.6 Å². The molecule has 110 valence electrons. The third kappa shape index (κ3) is 3.90. The highest BCUT2D eigenvalue weighted by Crippen LogP contribution is 2.17. The molecule has 1 aliphatic heterocycles. The molecule has 1 aromatic rings. The maximum Gasteiger partial charge on any atom is 0.237 e. The summed E-state index contributed by atoms with van der Waals surface area (Å²) in [4.78, 5) is 11.8. The van der Waals surface area contributed by atoms with E-state index in [0.29, 0.717) is 0 Å². The largest absolute Gasteiger partial charge is 0.488 e. The highest BCUT2D eigenvalue weighted by Gasteiger charge is 2.23. The topological polar surface area (TPSA) is 50.4 Å². The minimum absolute atomic E-state index is 0.0218. The Hall–Kier alpha value is -1.69. The Kier molecular flexibility index (Phi) is 4.89. The van der Waals surface area contributed by atoms with E-state index in [-0.39, 0.29) is 30.3 Å². The summed E-state index contributed by atoms with van der Waals surface area (Å²) in [5.74, 6) is -1.49. The number of carbonyl (C=O) groups is 1. The smallest absolute Gasteiger partial charge is 0.237 e. The zero-order chi connectivity index (χ0) is 14.5. The molecular formula is C14H18F2N2O2. The van der Waals surface area contributed by atoms with Crippen molar-refractivity contribution in [1.82, 2.24) is 10.6 Å². The summed E-state index contributed by atoms with van der Waals surface area (Å²) in [5.41, 5.74) is 0. The number of amides is 1. The van der Waals surface area contributed by atoms with Gasteiger partial charge in [-0.2, -0.15) is 0 Å². The second kappa shape index (κ2) is 6.65. The first kappa shape index (κ1) is 14.7. The molecular weight excluding hydrogens is 266 g/mol. The maximum atomic E-state index is 13.3. The van der Waals surface area contributed by atoms with Crippen molar-refractivity contribution in [2.24, 2.45) is 0 Å². The van der Waals surface area contributed by atoms with E-state index in [1.54, 1.807) is 6.92 Å². The van der Waals surface area contributed by atoms with E-state index in [0.717, 1.165) is 31.5 Å². The van der Waals surface area contributed by atoms with Crippen molar-refractivity contribution in [2.45, 2.75) is 31.8 Å². The van der Waals surface area contributed by atoms with Crippen molar-refractivity contribution in [2.75, 3.05) is 13.2 Å². The van der Waals surface area contributed by atoms with Crippen LogP contribution in [-0.4, -0.2) is 31.1 Å². The molecule has 1 saturated heterocycles. The molecule has 2 N–H and O–H groups in total. The third-order valence-electron chi connectivity index (χ3n) is 3.15. The summed E-state index contributed by atoms with van der Waals surface area (Å²) in [5, 5.41) is 5.90. The van der Waals surface area contributed by atoms with Gasteiger partial charge in [-0.25, -0.2) is 8.78 Å². The normalized spacial score (nSPS) is 19.6. The lowest BCUT2D eigenvalue weighted by Crippen LogP contribution is -2.46. The van der Waals surface area contributed by atoms with Crippen LogP contribution in [0.3, 0.4) is 0 Å². The SMILES string of the molecule is CC(COc1ccc(F)cc1F)NC(=O)C1CCCN1. The molecule has 0 bridgehead atoms. The Morgan fingerprint density at radius 2 is 2.35 bits per heavy atom. The summed E-state index contributed by atoms with van der Waals surface area (Å²) in [6, 6.07) is 2.72. The molecule has 4 nitrogen and oxygen atoms in total. The molecule has 20 heavy (non-hydrogen) atoms. The van der Waals surface area contributed by atoms with Gasteiger partial charge in [0.05, 0.1) is 12.1 Å². The lowest BCUT2D eigenvalue weighted by atomic mass is 10.2. The van der Waals surface area contributed by atoms with Gasteiger partial charge < -0.3 is 15.4 Å². The molecule has 1 aromatic carbocycles. The summed E-state index contributed by atoms with van der Waals surface area (Å²) >= 11 is 0. The Labute approximate surface area is 116 Å². The average Bonchev–Trinajstić information content (AvgIpc) is 2.91. The van der Waals surface area contributed by atoms with Gasteiger partial charge in [0.15, 0.2) is 11.6 Å². The number of nitrogens with one attached hydrogen (secondary N) is 2. The van der Waals surface area contributed by atoms with E-state index < -0.39 is 11.6 Å². The fraction of sp³-hybridized carbons (Fsp3) is 0.500. The van der Waals surface area contributed by atoms with Gasteiger partial charge in [0.2, 0.25) is 5.91 Å². The van der Waals surface area contributed by atoms with Crippen LogP contribution < -0.4 is 15.4 Å². The molecule has 1 heterocycles. The molecule has 2 atom stereocenters. The molecule has 0 saturated carbocycles. The maximum absolute atomic E-state index is 13.3. The number of hydrogen-bond acceptors (Lipinski definition) is 3. The van der Waals surface area contributed by atoms with Gasteiger partial charge >= 0.3 is 0 Å². The van der Waals surface area contributed by atoms with Crippen LogP contribution in [0.4, 0.5) is 8.78 Å². The van der Waals surface area contributed by atoms with Crippen LogP contribution in [0.5, 0.6) is 5.75 Å². The number of hydrogen-bond donors (Lipinski definition) is 2. The predicted octanol–water partition coefficient (Wildman–Crippen LogP) is 1.60. The Morgan fingerprint density at radius 1 is 1.55 bits per heavy atom. The fourth-order valence-corrected chi connectivity index (χ4v) is 2.10. The third-order valence-corrected chi connectivity index (χ3v) is 3.15. The van der Waals surface area contributed by atoms with Gasteiger partial charge in [-0.05, 0) is 38.4 Å². The van der Waals surface area contributed by atoms with Crippen LogP contribution in [0.1, 0.15) is 19.8 Å². The molecule has 0 aliphatic carbocycles. The molecule has 2 unspecified atom stereocenters. The lowest BCUT2D eigenvalue weighted by molar-refractivity contribution is -0.123. The summed E-state index contributed by atoms with van der Waals surface area (Å²) in [6.45, 7) is 2.75. The van der Waals surface area contributed by atoms with Crippen molar-refractivity contribution >= 4 is 5.91 Å². The van der Waals surface area contributed by atoms with E-state index in [2.05, 4.69) is 10.6 Å². The number of benzene rings is 1. The first-order chi connectivity index (χ1) is 9.56. The van der Waals surface area contributed by atoms with Crippen molar-refractivity contribution in [3.63, 3.8) is 0 Å². The number of ether oxygens (including phenoxy) is 1. The van der Waals surface area contributed by atoms with Gasteiger partial charge in [-0.3, -0.25) is 4.79 Å². The second-order valence-corrected chi connectivity index (χ2v) is 4.94. The molecule has 1 amide bonds. The predicted molar refractivity (Wildman–Crippen MR) is 70.5 cm³/mol. The number of carbonyl (C=O) groups excluding carboxylic acids is 1. The minimum atomic E-state index is -0.749. The van der Waals surface area contributed by atoms with Crippen molar-refractivity contribution in [3.05, 3.63) is 29.8 Å². The van der Waals surface area contributed by atoms with Crippen LogP contribution >= 0.6 is 0 Å². The van der Waals surface area contributed by atoms with Crippen LogP contribution in [0.2, 0.25) is 0 Å². The van der Waals surface area contributed by atoms with Crippen LogP contribution in [0.25, 0.3) is 0 Å². The van der Waals surface area contributed by atoms with Crippen molar-refractivity contribution in [3.8, 4) is 5.75 Å². The molecule has 6 heteroatoms. The monoisotopic (exact) mass is 284 g/mol. The first-order valence-electron chi connectivity index (χ1n) is 6.68. The summed E-state index contributed by atoms with van der Waals surface area (Å²) in [7, 11) is 0. The van der Waals surface area contributed by atoms with Gasteiger partial charge in [0, 0.05) is 6.07 Å². The Bertz CT molecular complexity index is 476. The average molecular weight is 284 g/mol. The van der Waals surface area contributed by atoms with Crippen LogP contribution in [0, 0.1) is 11.6 Å². The van der Waals surface area contributed by atoms with Gasteiger partial charge in [-0.1, -0.05) is 0 Å². The Balaban J connectivity index is 1.79. The summed E-state index contributed by atoms with van der Waals surface area (Å²) < 4.78 is 31.3. The van der Waals surface area contributed by atoms with Crippen LogP contribution in [0.15, 0.2) is 18.2 Å². The standard InChI is InChI=1S/C14H18F2N2O2/c1-9(18-14(19)12-3-2-6-17-12)8-20-13-5-4-10(15)7-11(13)16/h4-5,7,9,12,17H,2-3,6,8H2,1H3,(H,18,19). The molecule has 0 radical (unpaired) electrons. The quantitative estimate of drug-likeness (QED) is 0.863. The molecule has 1 aliphatic rings. The zero-order valence-electron chi connectivity index (χ0n) is 11.3. The number of rotatable bonds is 5. The van der Waals surface area contributed by atoms with E-state index >= 15 is 0 Å². The summed E-state index contributed by atoms with van der Waals surface area (Å²) in [6.07, 6.45) is 1.82. The van der Waals surface area contributed by atoms with Crippen molar-refractivity contribution in [1.29, 1.82) is 0 Å². The zero-order valence-corrected chi connectivity index (χ0v) is 11.3. The van der Waals surface area contributed by atoms with Gasteiger partial charge in [0.25, 0.3) is 0 Å². The fourth-order valence-electron chi connectivity index (χ4n) is 2.10. The lowest BCUT2D eigenvalue weighted by Gasteiger charge is -2.18. The van der Waals surface area contributed by atoms with Gasteiger partial charge in [0.1, 0.15) is 12.4 Å². The highest BCUT2D eigenvalue weighted by molar-refractivity contribution is 5.82. The highest BCUT2D eigenvalue weighted by atomic mass is 19.1. The van der Waals surface area contributed by atoms with Crippen molar-refractivity contribution < 1.29 is 18.3 Å². The van der Waals surface area contributed by atoms with E-state index in [4.69, 9.17) is 4.74 Å². The van der Waals surface area contributed by atoms with Crippen LogP contribution in [-0.2, 0) is 4.79 Å². The van der Waals surface area contributed by atoms with E-state index in [1.165, 1.54) is 6.07 Å². The second-order valence-electron chi connectivity index (χ2n) is 4.94. The molecule has 0 spiro atoms. The molecule has 2 rings (SSSR count). The van der Waals surface area contributed by atoms with Gasteiger partial charge in [-0.15, -0.1) is 0 Å². The molecule has 0 aromatic heterocycles.